The normalized spacial score (nSPS) is 10.4. The molecule has 0 aliphatic rings. The van der Waals surface area contributed by atoms with Crippen molar-refractivity contribution >= 4 is 17.5 Å². The van der Waals surface area contributed by atoms with E-state index in [0.29, 0.717) is 17.3 Å². The number of nitrogens with zero attached hydrogens (tertiary/aromatic N) is 2. The molecule has 0 aliphatic heterocycles. The fourth-order valence-electron chi connectivity index (χ4n) is 1.83. The Balaban J connectivity index is 2.14. The van der Waals surface area contributed by atoms with Crippen LogP contribution in [-0.2, 0) is 13.6 Å². The molecule has 0 saturated heterocycles. The Kier molecular flexibility index (Phi) is 3.72. The van der Waals surface area contributed by atoms with Gasteiger partial charge < -0.3 is 9.47 Å². The zero-order valence-corrected chi connectivity index (χ0v) is 11.2. The van der Waals surface area contributed by atoms with E-state index in [-0.39, 0.29) is 5.91 Å². The van der Waals surface area contributed by atoms with Crippen molar-refractivity contribution in [2.75, 3.05) is 7.05 Å². The summed E-state index contributed by atoms with van der Waals surface area (Å²) in [5, 5.41) is 0.684. The number of hydrogen-bond donors (Lipinski definition) is 0. The van der Waals surface area contributed by atoms with Crippen molar-refractivity contribution in [1.29, 1.82) is 0 Å². The maximum absolute atomic E-state index is 12.2. The lowest BCUT2D eigenvalue weighted by Gasteiger charge is -2.18. The summed E-state index contributed by atoms with van der Waals surface area (Å²) in [6, 6.07) is 11.2. The molecule has 0 aliphatic carbocycles. The van der Waals surface area contributed by atoms with E-state index >= 15 is 0 Å². The molecule has 0 radical (unpaired) electrons. The van der Waals surface area contributed by atoms with Crippen molar-refractivity contribution in [3.05, 3.63) is 58.9 Å². The second-order valence-corrected chi connectivity index (χ2v) is 4.66. The maximum Gasteiger partial charge on any atom is 0.270 e. The summed E-state index contributed by atoms with van der Waals surface area (Å²) in [6.07, 6.45) is 1.86. The minimum atomic E-state index is -0.0116. The largest absolute Gasteiger partial charge is 0.347 e. The van der Waals surface area contributed by atoms with Crippen LogP contribution in [0.25, 0.3) is 0 Å². The van der Waals surface area contributed by atoms with Crippen molar-refractivity contribution in [3.8, 4) is 0 Å². The molecule has 0 unspecified atom stereocenters. The van der Waals surface area contributed by atoms with E-state index in [1.807, 2.05) is 54.2 Å². The van der Waals surface area contributed by atoms with E-state index in [0.717, 1.165) is 5.56 Å². The Hall–Kier alpha value is -1.74. The summed E-state index contributed by atoms with van der Waals surface area (Å²) in [6.45, 7) is 0.504. The highest BCUT2D eigenvalue weighted by atomic mass is 35.5. The molecule has 0 N–H and O–H groups in total. The number of amides is 1. The van der Waals surface area contributed by atoms with Gasteiger partial charge in [0.05, 0.1) is 0 Å². The fourth-order valence-corrected chi connectivity index (χ4v) is 2.03. The van der Waals surface area contributed by atoms with E-state index < -0.39 is 0 Å². The van der Waals surface area contributed by atoms with E-state index in [9.17, 15) is 4.79 Å². The first-order chi connectivity index (χ1) is 8.59. The molecule has 1 amide bonds. The standard InChI is InChI=1S/C14H15ClN2O/c1-16-9-5-8-13(16)14(18)17(2)10-11-6-3-4-7-12(11)15/h3-9H,10H2,1-2H3. The van der Waals surface area contributed by atoms with Crippen molar-refractivity contribution in [2.24, 2.45) is 7.05 Å². The number of halogens is 1. The summed E-state index contributed by atoms with van der Waals surface area (Å²) >= 11 is 6.09. The van der Waals surface area contributed by atoms with Gasteiger partial charge >= 0.3 is 0 Å². The van der Waals surface area contributed by atoms with Crippen LogP contribution in [0.3, 0.4) is 0 Å². The van der Waals surface area contributed by atoms with Crippen molar-refractivity contribution in [2.45, 2.75) is 6.54 Å². The SMILES string of the molecule is CN(Cc1ccccc1Cl)C(=O)c1cccn1C. The quantitative estimate of drug-likeness (QED) is 0.835. The van der Waals surface area contributed by atoms with Gasteiger partial charge in [0.1, 0.15) is 5.69 Å². The molecule has 0 atom stereocenters. The maximum atomic E-state index is 12.2. The third-order valence-corrected chi connectivity index (χ3v) is 3.24. The second-order valence-electron chi connectivity index (χ2n) is 4.26. The molecule has 1 heterocycles. The Morgan fingerprint density at radius 3 is 2.61 bits per heavy atom. The third kappa shape index (κ3) is 2.57. The van der Waals surface area contributed by atoms with Gasteiger partial charge in [-0.25, -0.2) is 0 Å². The molecule has 18 heavy (non-hydrogen) atoms. The van der Waals surface area contributed by atoms with E-state index in [1.165, 1.54) is 0 Å². The fraction of sp³-hybridized carbons (Fsp3) is 0.214. The molecular formula is C14H15ClN2O. The van der Waals surface area contributed by atoms with E-state index in [2.05, 4.69) is 0 Å². The highest BCUT2D eigenvalue weighted by molar-refractivity contribution is 6.31. The molecule has 3 nitrogen and oxygen atoms in total. The zero-order chi connectivity index (χ0) is 13.1. The van der Waals surface area contributed by atoms with Gasteiger partial charge in [-0.05, 0) is 23.8 Å². The average molecular weight is 263 g/mol. The predicted molar refractivity (Wildman–Crippen MR) is 72.7 cm³/mol. The molecular weight excluding hydrogens is 248 g/mol. The number of aryl methyl sites for hydroxylation is 1. The molecule has 0 bridgehead atoms. The van der Waals surface area contributed by atoms with Gasteiger partial charge in [-0.15, -0.1) is 0 Å². The Labute approximate surface area is 112 Å². The highest BCUT2D eigenvalue weighted by Crippen LogP contribution is 2.17. The first-order valence-corrected chi connectivity index (χ1v) is 6.07. The van der Waals surface area contributed by atoms with Gasteiger partial charge in [-0.2, -0.15) is 0 Å². The number of benzene rings is 1. The van der Waals surface area contributed by atoms with Crippen LogP contribution < -0.4 is 0 Å². The van der Waals surface area contributed by atoms with Crippen LogP contribution >= 0.6 is 11.6 Å². The van der Waals surface area contributed by atoms with Crippen molar-refractivity contribution < 1.29 is 4.79 Å². The van der Waals surface area contributed by atoms with Crippen molar-refractivity contribution in [1.82, 2.24) is 9.47 Å². The third-order valence-electron chi connectivity index (χ3n) is 2.87. The summed E-state index contributed by atoms with van der Waals surface area (Å²) in [7, 11) is 3.63. The topological polar surface area (TPSA) is 25.2 Å². The first kappa shape index (κ1) is 12.7. The molecule has 1 aromatic heterocycles. The summed E-state index contributed by atoms with van der Waals surface area (Å²) in [5.74, 6) is -0.0116. The zero-order valence-electron chi connectivity index (χ0n) is 10.4. The number of carbonyl (C=O) groups excluding carboxylic acids is 1. The lowest BCUT2D eigenvalue weighted by atomic mass is 10.2. The second kappa shape index (κ2) is 5.27. The van der Waals surface area contributed by atoms with Gasteiger partial charge in [0.2, 0.25) is 0 Å². The lowest BCUT2D eigenvalue weighted by Crippen LogP contribution is -2.27. The Morgan fingerprint density at radius 1 is 1.28 bits per heavy atom. The van der Waals surface area contributed by atoms with Gasteiger partial charge in [0.25, 0.3) is 5.91 Å². The van der Waals surface area contributed by atoms with Crippen LogP contribution in [0.15, 0.2) is 42.6 Å². The van der Waals surface area contributed by atoms with Crippen LogP contribution in [0, 0.1) is 0 Å². The van der Waals surface area contributed by atoms with E-state index in [4.69, 9.17) is 11.6 Å². The highest BCUT2D eigenvalue weighted by Gasteiger charge is 2.15. The molecule has 1 aromatic carbocycles. The molecule has 4 heteroatoms. The van der Waals surface area contributed by atoms with Gasteiger partial charge in [0.15, 0.2) is 0 Å². The molecule has 94 valence electrons. The smallest absolute Gasteiger partial charge is 0.270 e. The van der Waals surface area contributed by atoms with E-state index in [1.54, 1.807) is 11.9 Å². The minimum Gasteiger partial charge on any atom is -0.347 e. The Bertz CT molecular complexity index is 562. The van der Waals surface area contributed by atoms with Gasteiger partial charge in [-0.1, -0.05) is 29.8 Å². The van der Waals surface area contributed by atoms with Gasteiger partial charge in [-0.3, -0.25) is 4.79 Å². The number of rotatable bonds is 3. The average Bonchev–Trinajstić information content (AvgIpc) is 2.77. The first-order valence-electron chi connectivity index (χ1n) is 5.70. The number of carbonyl (C=O) groups is 1. The Morgan fingerprint density at radius 2 is 2.00 bits per heavy atom. The van der Waals surface area contributed by atoms with Crippen LogP contribution in [0.1, 0.15) is 16.1 Å². The molecule has 2 aromatic rings. The number of hydrogen-bond acceptors (Lipinski definition) is 1. The summed E-state index contributed by atoms with van der Waals surface area (Å²) < 4.78 is 1.81. The molecule has 2 rings (SSSR count). The van der Waals surface area contributed by atoms with Crippen molar-refractivity contribution in [3.63, 3.8) is 0 Å². The molecule has 0 saturated carbocycles. The van der Waals surface area contributed by atoms with Crippen LogP contribution in [0.4, 0.5) is 0 Å². The summed E-state index contributed by atoms with van der Waals surface area (Å²) in [5.41, 5.74) is 1.62. The van der Waals surface area contributed by atoms with Crippen LogP contribution in [0.5, 0.6) is 0 Å². The van der Waals surface area contributed by atoms with Crippen LogP contribution in [0.2, 0.25) is 5.02 Å². The van der Waals surface area contributed by atoms with Gasteiger partial charge in [0, 0.05) is 31.9 Å². The summed E-state index contributed by atoms with van der Waals surface area (Å²) in [4.78, 5) is 13.9. The molecule has 0 fully saturated rings. The predicted octanol–water partition coefficient (Wildman–Crippen LogP) is 2.95. The number of aromatic nitrogens is 1. The molecule has 0 spiro atoms. The van der Waals surface area contributed by atoms with Crippen LogP contribution in [-0.4, -0.2) is 22.4 Å². The lowest BCUT2D eigenvalue weighted by molar-refractivity contribution is 0.0776. The minimum absolute atomic E-state index is 0.0116. The monoisotopic (exact) mass is 262 g/mol.